The standard InChI is InChI=1S/C20H24ClN3O2/c1-14-8-10-24(13-15-5-4-9-22-11-15)20(26)18(14)19(25)23-12-16-6-2-3-7-17(16)21/h2-3,6-8,10,15,22H,4-5,9,11-13H2,1H3,(H,23,25). The highest BCUT2D eigenvalue weighted by Crippen LogP contribution is 2.15. The molecule has 0 radical (unpaired) electrons. The van der Waals surface area contributed by atoms with Crippen LogP contribution in [-0.4, -0.2) is 23.6 Å². The van der Waals surface area contributed by atoms with Crippen molar-refractivity contribution in [2.45, 2.75) is 32.9 Å². The molecule has 1 amide bonds. The third-order valence-corrected chi connectivity index (χ3v) is 5.22. The quantitative estimate of drug-likeness (QED) is 0.847. The summed E-state index contributed by atoms with van der Waals surface area (Å²) in [4.78, 5) is 25.5. The maximum Gasteiger partial charge on any atom is 0.263 e. The van der Waals surface area contributed by atoms with E-state index in [4.69, 9.17) is 11.6 Å². The molecule has 1 fully saturated rings. The number of aryl methyl sites for hydroxylation is 1. The van der Waals surface area contributed by atoms with Gasteiger partial charge in [0.2, 0.25) is 0 Å². The normalized spacial score (nSPS) is 17.1. The van der Waals surface area contributed by atoms with Gasteiger partial charge in [-0.3, -0.25) is 9.59 Å². The summed E-state index contributed by atoms with van der Waals surface area (Å²) in [6.07, 6.45) is 4.01. The van der Waals surface area contributed by atoms with Crippen LogP contribution in [0.2, 0.25) is 5.02 Å². The molecule has 2 N–H and O–H groups in total. The van der Waals surface area contributed by atoms with E-state index in [2.05, 4.69) is 10.6 Å². The van der Waals surface area contributed by atoms with Gasteiger partial charge < -0.3 is 15.2 Å². The second kappa shape index (κ2) is 8.52. The smallest absolute Gasteiger partial charge is 0.263 e. The van der Waals surface area contributed by atoms with E-state index < -0.39 is 0 Å². The molecule has 2 aromatic rings. The van der Waals surface area contributed by atoms with Crippen LogP contribution in [0, 0.1) is 12.8 Å². The summed E-state index contributed by atoms with van der Waals surface area (Å²) in [5.41, 5.74) is 1.49. The first-order valence-electron chi connectivity index (χ1n) is 8.98. The molecule has 1 aromatic heterocycles. The molecule has 0 spiro atoms. The number of halogens is 1. The van der Waals surface area contributed by atoms with Gasteiger partial charge in [0.1, 0.15) is 5.56 Å². The van der Waals surface area contributed by atoms with Crippen molar-refractivity contribution in [2.75, 3.05) is 13.1 Å². The summed E-state index contributed by atoms with van der Waals surface area (Å²) in [6, 6.07) is 9.18. The first-order valence-corrected chi connectivity index (χ1v) is 9.36. The van der Waals surface area contributed by atoms with Crippen molar-refractivity contribution in [3.8, 4) is 0 Å². The van der Waals surface area contributed by atoms with Gasteiger partial charge in [0.25, 0.3) is 11.5 Å². The number of amides is 1. The molecule has 5 nitrogen and oxygen atoms in total. The number of carbonyl (C=O) groups excluding carboxylic acids is 1. The molecule has 1 unspecified atom stereocenters. The van der Waals surface area contributed by atoms with E-state index in [1.807, 2.05) is 24.3 Å². The Balaban J connectivity index is 1.75. The summed E-state index contributed by atoms with van der Waals surface area (Å²) in [6.45, 7) is 4.66. The minimum absolute atomic E-state index is 0.211. The molecule has 0 saturated carbocycles. The van der Waals surface area contributed by atoms with Crippen LogP contribution in [0.5, 0.6) is 0 Å². The van der Waals surface area contributed by atoms with Crippen LogP contribution in [0.4, 0.5) is 0 Å². The molecule has 0 aliphatic carbocycles. The number of piperidine rings is 1. The van der Waals surface area contributed by atoms with E-state index in [9.17, 15) is 9.59 Å². The molecule has 1 saturated heterocycles. The Hall–Kier alpha value is -2.11. The van der Waals surface area contributed by atoms with Crippen molar-refractivity contribution < 1.29 is 4.79 Å². The average molecular weight is 374 g/mol. The minimum atomic E-state index is -0.358. The molecule has 1 aromatic carbocycles. The monoisotopic (exact) mass is 373 g/mol. The third-order valence-electron chi connectivity index (χ3n) is 4.85. The van der Waals surface area contributed by atoms with E-state index in [1.54, 1.807) is 23.8 Å². The SMILES string of the molecule is Cc1ccn(CC2CCCNC2)c(=O)c1C(=O)NCc1ccccc1Cl. The first-order chi connectivity index (χ1) is 12.6. The summed E-state index contributed by atoms with van der Waals surface area (Å²) in [5.74, 6) is 0.0618. The molecule has 138 valence electrons. The fraction of sp³-hybridized carbons (Fsp3) is 0.400. The molecule has 3 rings (SSSR count). The lowest BCUT2D eigenvalue weighted by molar-refractivity contribution is 0.0948. The van der Waals surface area contributed by atoms with Crippen LogP contribution < -0.4 is 16.2 Å². The number of benzene rings is 1. The topological polar surface area (TPSA) is 63.1 Å². The van der Waals surface area contributed by atoms with Crippen molar-refractivity contribution in [3.63, 3.8) is 0 Å². The van der Waals surface area contributed by atoms with Crippen molar-refractivity contribution in [1.29, 1.82) is 0 Å². The minimum Gasteiger partial charge on any atom is -0.348 e. The highest BCUT2D eigenvalue weighted by Gasteiger charge is 2.19. The van der Waals surface area contributed by atoms with Crippen LogP contribution in [0.1, 0.15) is 34.3 Å². The number of nitrogens with one attached hydrogen (secondary N) is 2. The highest BCUT2D eigenvalue weighted by atomic mass is 35.5. The molecule has 2 heterocycles. The summed E-state index contributed by atoms with van der Waals surface area (Å²) in [7, 11) is 0. The maximum absolute atomic E-state index is 12.8. The van der Waals surface area contributed by atoms with Crippen LogP contribution in [0.25, 0.3) is 0 Å². The summed E-state index contributed by atoms with van der Waals surface area (Å²) >= 11 is 6.13. The van der Waals surface area contributed by atoms with E-state index in [-0.39, 0.29) is 17.0 Å². The summed E-state index contributed by atoms with van der Waals surface area (Å²) < 4.78 is 1.66. The largest absolute Gasteiger partial charge is 0.348 e. The van der Waals surface area contributed by atoms with Crippen molar-refractivity contribution in [2.24, 2.45) is 5.92 Å². The molecular weight excluding hydrogens is 350 g/mol. The zero-order valence-electron chi connectivity index (χ0n) is 14.9. The van der Waals surface area contributed by atoms with Crippen molar-refractivity contribution >= 4 is 17.5 Å². The Labute approximate surface area is 158 Å². The fourth-order valence-electron chi connectivity index (χ4n) is 3.35. The zero-order valence-corrected chi connectivity index (χ0v) is 15.7. The predicted octanol–water partition coefficient (Wildman–Crippen LogP) is 2.74. The first kappa shape index (κ1) is 18.7. The average Bonchev–Trinajstić information content (AvgIpc) is 2.64. The van der Waals surface area contributed by atoms with Crippen LogP contribution in [0.15, 0.2) is 41.3 Å². The van der Waals surface area contributed by atoms with Gasteiger partial charge in [-0.2, -0.15) is 0 Å². The molecule has 6 heteroatoms. The van der Waals surface area contributed by atoms with Gasteiger partial charge in [0.15, 0.2) is 0 Å². The summed E-state index contributed by atoms with van der Waals surface area (Å²) in [5, 5.41) is 6.78. The Morgan fingerprint density at radius 3 is 2.88 bits per heavy atom. The number of hydrogen-bond acceptors (Lipinski definition) is 3. The second-order valence-electron chi connectivity index (χ2n) is 6.82. The van der Waals surface area contributed by atoms with Crippen molar-refractivity contribution in [3.05, 3.63) is 68.6 Å². The zero-order chi connectivity index (χ0) is 18.5. The number of rotatable bonds is 5. The van der Waals surface area contributed by atoms with Crippen LogP contribution >= 0.6 is 11.6 Å². The third kappa shape index (κ3) is 4.34. The number of hydrogen-bond donors (Lipinski definition) is 2. The van der Waals surface area contributed by atoms with Gasteiger partial charge in [-0.1, -0.05) is 29.8 Å². The number of pyridine rings is 1. The van der Waals surface area contributed by atoms with Gasteiger partial charge in [0, 0.05) is 24.3 Å². The number of carbonyl (C=O) groups is 1. The fourth-order valence-corrected chi connectivity index (χ4v) is 3.55. The lowest BCUT2D eigenvalue weighted by Crippen LogP contribution is -2.37. The Morgan fingerprint density at radius 1 is 1.35 bits per heavy atom. The predicted molar refractivity (Wildman–Crippen MR) is 104 cm³/mol. The number of nitrogens with zero attached hydrogens (tertiary/aromatic N) is 1. The molecule has 1 aliphatic rings. The van der Waals surface area contributed by atoms with Crippen LogP contribution in [0.3, 0.4) is 0 Å². The van der Waals surface area contributed by atoms with E-state index in [1.165, 1.54) is 0 Å². The lowest BCUT2D eigenvalue weighted by Gasteiger charge is -2.23. The van der Waals surface area contributed by atoms with Gasteiger partial charge in [-0.25, -0.2) is 0 Å². The second-order valence-corrected chi connectivity index (χ2v) is 7.22. The lowest BCUT2D eigenvalue weighted by atomic mass is 9.99. The maximum atomic E-state index is 12.8. The molecule has 0 bridgehead atoms. The molecule has 26 heavy (non-hydrogen) atoms. The Bertz CT molecular complexity index is 841. The van der Waals surface area contributed by atoms with E-state index >= 15 is 0 Å². The van der Waals surface area contributed by atoms with Gasteiger partial charge in [0.05, 0.1) is 0 Å². The van der Waals surface area contributed by atoms with Crippen LogP contribution in [-0.2, 0) is 13.1 Å². The van der Waals surface area contributed by atoms with Gasteiger partial charge in [-0.05, 0) is 62.0 Å². The van der Waals surface area contributed by atoms with E-state index in [0.29, 0.717) is 29.6 Å². The highest BCUT2D eigenvalue weighted by molar-refractivity contribution is 6.31. The number of aromatic nitrogens is 1. The molecular formula is C20H24ClN3O2. The van der Waals surface area contributed by atoms with Gasteiger partial charge >= 0.3 is 0 Å². The van der Waals surface area contributed by atoms with E-state index in [0.717, 1.165) is 31.5 Å². The Kier molecular flexibility index (Phi) is 6.12. The Morgan fingerprint density at radius 2 is 2.15 bits per heavy atom. The molecule has 1 aliphatic heterocycles. The van der Waals surface area contributed by atoms with Crippen molar-refractivity contribution in [1.82, 2.24) is 15.2 Å². The van der Waals surface area contributed by atoms with Gasteiger partial charge in [-0.15, -0.1) is 0 Å². The molecule has 1 atom stereocenters.